The van der Waals surface area contributed by atoms with Crippen LogP contribution >= 0.6 is 23.5 Å². The summed E-state index contributed by atoms with van der Waals surface area (Å²) in [5.74, 6) is -8.80. The van der Waals surface area contributed by atoms with Gasteiger partial charge in [-0.1, -0.05) is 36.7 Å². The molecule has 53 heavy (non-hydrogen) atoms. The summed E-state index contributed by atoms with van der Waals surface area (Å²) < 4.78 is 55.6. The number of amides is 4. The normalized spacial score (nSPS) is 18.0. The Labute approximate surface area is 314 Å². The number of rotatable bonds is 13. The molecule has 18 heteroatoms. The molecule has 13 nitrogen and oxygen atoms in total. The van der Waals surface area contributed by atoms with Crippen molar-refractivity contribution in [3.63, 3.8) is 0 Å². The molecule has 3 N–H and O–H groups in total. The predicted octanol–water partition coefficient (Wildman–Crippen LogP) is 4.59. The van der Waals surface area contributed by atoms with E-state index in [1.165, 1.54) is 31.5 Å². The van der Waals surface area contributed by atoms with E-state index in [9.17, 15) is 19.2 Å². The van der Waals surface area contributed by atoms with Gasteiger partial charge in [-0.2, -0.15) is 8.78 Å². The van der Waals surface area contributed by atoms with E-state index in [2.05, 4.69) is 34.8 Å². The fourth-order valence-corrected chi connectivity index (χ4v) is 7.86. The lowest BCUT2D eigenvalue weighted by atomic mass is 9.79. The predicted molar refractivity (Wildman–Crippen MR) is 194 cm³/mol. The van der Waals surface area contributed by atoms with Gasteiger partial charge >= 0.3 is 11.8 Å². The van der Waals surface area contributed by atoms with Gasteiger partial charge in [0, 0.05) is 49.9 Å². The van der Waals surface area contributed by atoms with E-state index in [4.69, 9.17) is 4.74 Å². The Morgan fingerprint density at radius 2 is 1.74 bits per heavy atom. The van der Waals surface area contributed by atoms with Gasteiger partial charge in [0.2, 0.25) is 17.7 Å². The van der Waals surface area contributed by atoms with Crippen molar-refractivity contribution in [2.75, 3.05) is 45.7 Å². The number of ether oxygens (including phenoxy) is 1. The third kappa shape index (κ3) is 9.27. The standard InChI is InChI=1S/C35H43F3N8O5S2/c1-21(29(42-30(47)27-20-40-44-52-27)31(48)46-16-14-45(3)15-17-46)22-10-12-26(25(36)18-22)41-32(49)34(2,23-8-6-5-7-9-23)53-43-33(50)35(37,38)24-11-13-28(51-4)39-19-24/h10-13,18-21,23,29H,5-9,14-17H2,1-4H3,(H,41,49)(H,42,47)(H,43,50)/t21-,29+,34+/m0/s1. The third-order valence-electron chi connectivity index (χ3n) is 10.0. The van der Waals surface area contributed by atoms with Gasteiger partial charge in [0.1, 0.15) is 21.5 Å². The molecule has 286 valence electrons. The molecule has 5 rings (SSSR count). The molecular formula is C35H43F3N8O5S2. The van der Waals surface area contributed by atoms with E-state index in [1.807, 2.05) is 7.05 Å². The summed E-state index contributed by atoms with van der Waals surface area (Å²) in [4.78, 5) is 61.4. The lowest BCUT2D eigenvalue weighted by molar-refractivity contribution is -0.144. The van der Waals surface area contributed by atoms with Gasteiger partial charge in [0.25, 0.3) is 5.91 Å². The lowest BCUT2D eigenvalue weighted by Crippen LogP contribution is -2.55. The van der Waals surface area contributed by atoms with Crippen LogP contribution in [0.3, 0.4) is 0 Å². The van der Waals surface area contributed by atoms with Gasteiger partial charge in [0.05, 0.1) is 19.0 Å². The number of alkyl halides is 2. The Balaban J connectivity index is 1.33. The van der Waals surface area contributed by atoms with Crippen LogP contribution in [0.1, 0.15) is 72.7 Å². The second-order valence-electron chi connectivity index (χ2n) is 13.5. The number of halogens is 3. The number of pyridine rings is 1. The zero-order valence-corrected chi connectivity index (χ0v) is 31.5. The number of nitrogens with zero attached hydrogens (tertiary/aromatic N) is 5. The maximum absolute atomic E-state index is 15.9. The maximum atomic E-state index is 15.9. The summed E-state index contributed by atoms with van der Waals surface area (Å²) in [6.45, 7) is 5.50. The van der Waals surface area contributed by atoms with Crippen molar-refractivity contribution in [3.8, 4) is 5.88 Å². The molecule has 2 fully saturated rings. The van der Waals surface area contributed by atoms with Crippen LogP contribution in [0.2, 0.25) is 0 Å². The average molecular weight is 777 g/mol. The summed E-state index contributed by atoms with van der Waals surface area (Å²) in [6.07, 6.45) is 5.92. The number of likely N-dealkylation sites (N-methyl/N-ethyl adjacent to an activating group) is 1. The largest absolute Gasteiger partial charge is 0.481 e. The highest BCUT2D eigenvalue weighted by molar-refractivity contribution is 8.00. The molecule has 1 aliphatic heterocycles. The smallest absolute Gasteiger partial charge is 0.352 e. The van der Waals surface area contributed by atoms with E-state index in [1.54, 1.807) is 24.8 Å². The highest BCUT2D eigenvalue weighted by Gasteiger charge is 2.47. The second kappa shape index (κ2) is 17.2. The summed E-state index contributed by atoms with van der Waals surface area (Å²) in [7, 11) is 3.29. The Morgan fingerprint density at radius 3 is 2.34 bits per heavy atom. The molecule has 2 aromatic heterocycles. The first-order valence-corrected chi connectivity index (χ1v) is 18.9. The molecule has 1 saturated heterocycles. The van der Waals surface area contributed by atoms with Crippen LogP contribution in [0.25, 0.3) is 0 Å². The molecule has 2 aliphatic rings. The molecule has 1 aliphatic carbocycles. The van der Waals surface area contributed by atoms with Crippen LogP contribution in [0, 0.1) is 11.7 Å². The van der Waals surface area contributed by atoms with Crippen molar-refractivity contribution in [1.29, 1.82) is 0 Å². The Bertz CT molecular complexity index is 1760. The third-order valence-corrected chi connectivity index (χ3v) is 11.9. The van der Waals surface area contributed by atoms with Gasteiger partial charge in [-0.3, -0.25) is 23.9 Å². The molecule has 3 aromatic rings. The lowest BCUT2D eigenvalue weighted by Gasteiger charge is -2.38. The fraction of sp³-hybridized carbons (Fsp3) is 0.514. The average Bonchev–Trinajstić information content (AvgIpc) is 3.72. The second-order valence-corrected chi connectivity index (χ2v) is 15.5. The molecule has 0 radical (unpaired) electrons. The number of methoxy groups -OCH3 is 1. The topological polar surface area (TPSA) is 159 Å². The van der Waals surface area contributed by atoms with E-state index in [0.717, 1.165) is 43.1 Å². The molecule has 3 heterocycles. The van der Waals surface area contributed by atoms with Crippen LogP contribution in [0.5, 0.6) is 5.88 Å². The fourth-order valence-electron chi connectivity index (χ4n) is 6.46. The van der Waals surface area contributed by atoms with Crippen LogP contribution in [-0.4, -0.2) is 99.1 Å². The Hall–Kier alpha value is -4.29. The van der Waals surface area contributed by atoms with Crippen molar-refractivity contribution in [2.24, 2.45) is 5.92 Å². The Kier molecular flexibility index (Phi) is 13.0. The van der Waals surface area contributed by atoms with E-state index < -0.39 is 51.7 Å². The molecule has 0 bridgehead atoms. The first kappa shape index (κ1) is 39.9. The first-order chi connectivity index (χ1) is 25.2. The summed E-state index contributed by atoms with van der Waals surface area (Å²) in [6, 6.07) is 5.32. The number of piperazine rings is 1. The van der Waals surface area contributed by atoms with Crippen molar-refractivity contribution in [3.05, 3.63) is 64.5 Å². The van der Waals surface area contributed by atoms with Crippen LogP contribution in [0.4, 0.5) is 18.9 Å². The molecular weight excluding hydrogens is 734 g/mol. The van der Waals surface area contributed by atoms with Crippen molar-refractivity contribution < 1.29 is 37.1 Å². The minimum Gasteiger partial charge on any atom is -0.481 e. The zero-order chi connectivity index (χ0) is 38.3. The van der Waals surface area contributed by atoms with Gasteiger partial charge in [0.15, 0.2) is 0 Å². The molecule has 3 atom stereocenters. The van der Waals surface area contributed by atoms with E-state index >= 15 is 13.2 Å². The van der Waals surface area contributed by atoms with Crippen LogP contribution < -0.4 is 20.1 Å². The van der Waals surface area contributed by atoms with Gasteiger partial charge < -0.3 is 25.2 Å². The van der Waals surface area contributed by atoms with Crippen molar-refractivity contribution >= 4 is 52.8 Å². The number of aromatic nitrogens is 3. The minimum atomic E-state index is -3.96. The Morgan fingerprint density at radius 1 is 1.02 bits per heavy atom. The maximum Gasteiger partial charge on any atom is 0.352 e. The van der Waals surface area contributed by atoms with Gasteiger partial charge in [-0.05, 0) is 80.0 Å². The van der Waals surface area contributed by atoms with Crippen LogP contribution in [0.15, 0.2) is 42.7 Å². The van der Waals surface area contributed by atoms with Crippen LogP contribution in [-0.2, 0) is 20.3 Å². The monoisotopic (exact) mass is 776 g/mol. The highest BCUT2D eigenvalue weighted by Crippen LogP contribution is 2.42. The van der Waals surface area contributed by atoms with E-state index in [-0.39, 0.29) is 28.3 Å². The van der Waals surface area contributed by atoms with Gasteiger partial charge in [-0.25, -0.2) is 9.37 Å². The quantitative estimate of drug-likeness (QED) is 0.210. The number of hydrogen-bond acceptors (Lipinski definition) is 11. The number of hydrogen-bond donors (Lipinski definition) is 3. The zero-order valence-electron chi connectivity index (χ0n) is 29.9. The molecule has 0 spiro atoms. The summed E-state index contributed by atoms with van der Waals surface area (Å²) in [5, 5.41) is 9.11. The first-order valence-electron chi connectivity index (χ1n) is 17.3. The highest BCUT2D eigenvalue weighted by atomic mass is 32.2. The van der Waals surface area contributed by atoms with E-state index in [0.29, 0.717) is 56.5 Å². The van der Waals surface area contributed by atoms with Crippen molar-refractivity contribution in [2.45, 2.75) is 68.6 Å². The number of nitrogens with one attached hydrogen (secondary N) is 3. The molecule has 4 amide bonds. The number of carbonyl (C=O) groups is 4. The molecule has 0 unspecified atom stereocenters. The minimum absolute atomic E-state index is 0.103. The SMILES string of the molecule is COc1ccc(C(F)(F)C(=O)NS[C@@](C)(C(=O)Nc2ccc([C@H](C)[C@@H](NC(=O)c3cnns3)C(=O)N3CCN(C)CC3)cc2F)C2CCCCC2)cn1. The summed E-state index contributed by atoms with van der Waals surface area (Å²) in [5.41, 5.74) is -0.428. The van der Waals surface area contributed by atoms with Gasteiger partial charge in [-0.15, -0.1) is 5.10 Å². The number of benzene rings is 1. The van der Waals surface area contributed by atoms with Crippen molar-refractivity contribution in [1.82, 2.24) is 34.4 Å². The number of anilines is 1. The molecule has 1 saturated carbocycles. The molecule has 1 aromatic carbocycles. The number of carbonyl (C=O) groups excluding carboxylic acids is 4. The summed E-state index contributed by atoms with van der Waals surface area (Å²) >= 11 is 1.46.